The first-order chi connectivity index (χ1) is 13.3. The Labute approximate surface area is 163 Å². The Kier molecular flexibility index (Phi) is 7.09. The van der Waals surface area contributed by atoms with E-state index in [9.17, 15) is 14.4 Å². The zero-order valence-electron chi connectivity index (χ0n) is 16.3. The summed E-state index contributed by atoms with van der Waals surface area (Å²) in [6.07, 6.45) is 2.65. The molecule has 0 amide bonds. The van der Waals surface area contributed by atoms with Gasteiger partial charge >= 0.3 is 17.9 Å². The van der Waals surface area contributed by atoms with E-state index in [-0.39, 0.29) is 5.97 Å². The molecule has 6 nitrogen and oxygen atoms in total. The highest BCUT2D eigenvalue weighted by molar-refractivity contribution is 5.83. The average molecular weight is 382 g/mol. The minimum absolute atomic E-state index is 0.297. The molecule has 0 aliphatic heterocycles. The van der Waals surface area contributed by atoms with E-state index in [1.807, 2.05) is 25.1 Å². The van der Waals surface area contributed by atoms with Crippen molar-refractivity contribution >= 4 is 29.6 Å². The van der Waals surface area contributed by atoms with Gasteiger partial charge in [0.05, 0.1) is 0 Å². The SMILES string of the molecule is CCC(=Cc1ccc(OC(C)=O)cc1)c1cc(OC(C)=O)cc(OC(C)=O)c1. The zero-order valence-corrected chi connectivity index (χ0v) is 16.3. The van der Waals surface area contributed by atoms with Gasteiger partial charge in [0.1, 0.15) is 17.2 Å². The molecule has 0 spiro atoms. The third-order valence-electron chi connectivity index (χ3n) is 3.64. The van der Waals surface area contributed by atoms with E-state index in [0.29, 0.717) is 23.7 Å². The molecule has 0 aliphatic rings. The third-order valence-corrected chi connectivity index (χ3v) is 3.64. The first-order valence-electron chi connectivity index (χ1n) is 8.78. The molecule has 0 N–H and O–H groups in total. The summed E-state index contributed by atoms with van der Waals surface area (Å²) in [4.78, 5) is 33.7. The van der Waals surface area contributed by atoms with E-state index in [4.69, 9.17) is 14.2 Å². The minimum atomic E-state index is -0.464. The molecule has 0 radical (unpaired) electrons. The summed E-state index contributed by atoms with van der Waals surface area (Å²) in [7, 11) is 0. The second-order valence-electron chi connectivity index (χ2n) is 6.07. The number of hydrogen-bond donors (Lipinski definition) is 0. The molecule has 2 rings (SSSR count). The zero-order chi connectivity index (χ0) is 20.7. The lowest BCUT2D eigenvalue weighted by Gasteiger charge is -2.11. The Hall–Kier alpha value is -3.41. The predicted molar refractivity (Wildman–Crippen MR) is 105 cm³/mol. The fourth-order valence-electron chi connectivity index (χ4n) is 2.60. The van der Waals surface area contributed by atoms with Gasteiger partial charge in [-0.25, -0.2) is 0 Å². The van der Waals surface area contributed by atoms with E-state index in [2.05, 4.69) is 0 Å². The highest BCUT2D eigenvalue weighted by atomic mass is 16.5. The summed E-state index contributed by atoms with van der Waals surface area (Å²) in [6, 6.07) is 12.0. The van der Waals surface area contributed by atoms with Crippen LogP contribution in [0.25, 0.3) is 11.6 Å². The van der Waals surface area contributed by atoms with Crippen molar-refractivity contribution < 1.29 is 28.6 Å². The van der Waals surface area contributed by atoms with Crippen LogP contribution in [0, 0.1) is 0 Å². The van der Waals surface area contributed by atoms with Gasteiger partial charge in [-0.15, -0.1) is 0 Å². The Balaban J connectivity index is 2.40. The molecule has 0 bridgehead atoms. The molecular formula is C22H22O6. The van der Waals surface area contributed by atoms with Gasteiger partial charge in [-0.1, -0.05) is 25.1 Å². The molecule has 6 heteroatoms. The number of carbonyl (C=O) groups is 3. The monoisotopic (exact) mass is 382 g/mol. The Bertz CT molecular complexity index is 875. The molecular weight excluding hydrogens is 360 g/mol. The predicted octanol–water partition coefficient (Wildman–Crippen LogP) is 4.41. The number of rotatable bonds is 6. The highest BCUT2D eigenvalue weighted by Gasteiger charge is 2.10. The van der Waals surface area contributed by atoms with Crippen molar-refractivity contribution in [2.24, 2.45) is 0 Å². The van der Waals surface area contributed by atoms with Gasteiger partial charge in [0, 0.05) is 26.8 Å². The third kappa shape index (κ3) is 6.39. The molecule has 0 atom stereocenters. The Morgan fingerprint density at radius 3 is 1.64 bits per heavy atom. The molecule has 0 heterocycles. The van der Waals surface area contributed by atoms with Crippen LogP contribution in [0.5, 0.6) is 17.2 Å². The summed E-state index contributed by atoms with van der Waals surface area (Å²) in [6.45, 7) is 5.95. The van der Waals surface area contributed by atoms with Crippen LogP contribution in [0.1, 0.15) is 45.2 Å². The maximum absolute atomic E-state index is 11.3. The second kappa shape index (κ2) is 9.50. The first-order valence-corrected chi connectivity index (χ1v) is 8.78. The summed E-state index contributed by atoms with van der Waals surface area (Å²) in [5, 5.41) is 0. The lowest BCUT2D eigenvalue weighted by atomic mass is 10.00. The molecule has 2 aromatic rings. The molecule has 146 valence electrons. The Morgan fingerprint density at radius 1 is 0.750 bits per heavy atom. The molecule has 0 aliphatic carbocycles. The van der Waals surface area contributed by atoms with Gasteiger partial charge in [-0.3, -0.25) is 14.4 Å². The van der Waals surface area contributed by atoms with Crippen LogP contribution in [-0.2, 0) is 14.4 Å². The summed E-state index contributed by atoms with van der Waals surface area (Å²) >= 11 is 0. The maximum Gasteiger partial charge on any atom is 0.308 e. The number of esters is 3. The standard InChI is InChI=1S/C22H22O6/c1-5-18(10-17-6-8-20(9-7-17)26-14(2)23)19-11-21(27-15(3)24)13-22(12-19)28-16(4)25/h6-13H,5H2,1-4H3. The molecule has 2 aromatic carbocycles. The van der Waals surface area contributed by atoms with Crippen LogP contribution >= 0.6 is 0 Å². The van der Waals surface area contributed by atoms with Crippen molar-refractivity contribution in [2.45, 2.75) is 34.1 Å². The molecule has 28 heavy (non-hydrogen) atoms. The van der Waals surface area contributed by atoms with Crippen molar-refractivity contribution in [2.75, 3.05) is 0 Å². The van der Waals surface area contributed by atoms with E-state index in [1.165, 1.54) is 26.8 Å². The normalized spacial score (nSPS) is 10.9. The van der Waals surface area contributed by atoms with Crippen LogP contribution in [0.2, 0.25) is 0 Å². The van der Waals surface area contributed by atoms with Gasteiger partial charge in [-0.2, -0.15) is 0 Å². The van der Waals surface area contributed by atoms with Gasteiger partial charge in [0.25, 0.3) is 0 Å². The summed E-state index contributed by atoms with van der Waals surface area (Å²) in [5.41, 5.74) is 2.61. The number of allylic oxidation sites excluding steroid dienone is 1. The van der Waals surface area contributed by atoms with Crippen molar-refractivity contribution in [3.63, 3.8) is 0 Å². The minimum Gasteiger partial charge on any atom is -0.427 e. The van der Waals surface area contributed by atoms with E-state index < -0.39 is 11.9 Å². The van der Waals surface area contributed by atoms with Crippen LogP contribution in [0.15, 0.2) is 42.5 Å². The van der Waals surface area contributed by atoms with Crippen LogP contribution in [0.4, 0.5) is 0 Å². The molecule has 0 unspecified atom stereocenters. The van der Waals surface area contributed by atoms with Crippen LogP contribution in [-0.4, -0.2) is 17.9 Å². The summed E-state index contributed by atoms with van der Waals surface area (Å²) < 4.78 is 15.4. The van der Waals surface area contributed by atoms with E-state index in [1.54, 1.807) is 24.3 Å². The quantitative estimate of drug-likeness (QED) is 0.418. The Morgan fingerprint density at radius 2 is 1.21 bits per heavy atom. The van der Waals surface area contributed by atoms with Gasteiger partial charge in [-0.05, 0) is 47.4 Å². The smallest absolute Gasteiger partial charge is 0.308 e. The summed E-state index contributed by atoms with van der Waals surface area (Å²) in [5.74, 6) is -0.242. The first kappa shape index (κ1) is 20.9. The van der Waals surface area contributed by atoms with Gasteiger partial charge in [0.15, 0.2) is 0 Å². The lowest BCUT2D eigenvalue weighted by Crippen LogP contribution is -2.05. The van der Waals surface area contributed by atoms with E-state index >= 15 is 0 Å². The topological polar surface area (TPSA) is 78.9 Å². The van der Waals surface area contributed by atoms with Crippen LogP contribution in [0.3, 0.4) is 0 Å². The van der Waals surface area contributed by atoms with Crippen molar-refractivity contribution in [3.8, 4) is 17.2 Å². The van der Waals surface area contributed by atoms with Crippen molar-refractivity contribution in [1.29, 1.82) is 0 Å². The fourth-order valence-corrected chi connectivity index (χ4v) is 2.60. The van der Waals surface area contributed by atoms with E-state index in [0.717, 1.165) is 16.7 Å². The molecule has 0 aromatic heterocycles. The van der Waals surface area contributed by atoms with Crippen LogP contribution < -0.4 is 14.2 Å². The van der Waals surface area contributed by atoms with Crippen molar-refractivity contribution in [1.82, 2.24) is 0 Å². The fraction of sp³-hybridized carbons (Fsp3) is 0.227. The molecule has 0 saturated heterocycles. The number of benzene rings is 2. The maximum atomic E-state index is 11.3. The number of ether oxygens (including phenoxy) is 3. The largest absolute Gasteiger partial charge is 0.427 e. The second-order valence-corrected chi connectivity index (χ2v) is 6.07. The van der Waals surface area contributed by atoms with Gasteiger partial charge < -0.3 is 14.2 Å². The number of hydrogen-bond acceptors (Lipinski definition) is 6. The molecule has 0 saturated carbocycles. The van der Waals surface area contributed by atoms with Crippen molar-refractivity contribution in [3.05, 3.63) is 53.6 Å². The lowest BCUT2D eigenvalue weighted by molar-refractivity contribution is -0.133. The van der Waals surface area contributed by atoms with Gasteiger partial charge in [0.2, 0.25) is 0 Å². The molecule has 0 fully saturated rings. The highest BCUT2D eigenvalue weighted by Crippen LogP contribution is 2.30. The average Bonchev–Trinajstić information content (AvgIpc) is 2.59. The number of carbonyl (C=O) groups excluding carboxylic acids is 3.